The molecule has 144 valence electrons. The molecule has 1 amide bonds. The first kappa shape index (κ1) is 19.4. The molecule has 27 heavy (non-hydrogen) atoms. The Bertz CT molecular complexity index is 713. The highest BCUT2D eigenvalue weighted by molar-refractivity contribution is 5.75. The number of nitrogens with zero attached hydrogens (tertiary/aromatic N) is 2. The largest absolute Gasteiger partial charge is 0.484 e. The van der Waals surface area contributed by atoms with Gasteiger partial charge in [0.1, 0.15) is 5.75 Å². The molecule has 1 saturated carbocycles. The first-order valence-electron chi connectivity index (χ1n) is 9.84. The second kappa shape index (κ2) is 10.1. The van der Waals surface area contributed by atoms with Crippen LogP contribution < -0.4 is 10.5 Å². The van der Waals surface area contributed by atoms with Crippen LogP contribution in [0.3, 0.4) is 0 Å². The first-order valence-corrected chi connectivity index (χ1v) is 9.84. The van der Waals surface area contributed by atoms with Gasteiger partial charge in [-0.15, -0.1) is 0 Å². The van der Waals surface area contributed by atoms with Crippen molar-refractivity contribution in [3.8, 4) is 5.75 Å². The van der Waals surface area contributed by atoms with Crippen LogP contribution in [-0.2, 0) is 17.9 Å². The van der Waals surface area contributed by atoms with Gasteiger partial charge in [0, 0.05) is 31.5 Å². The quantitative estimate of drug-likeness (QED) is 0.723. The van der Waals surface area contributed by atoms with E-state index < -0.39 is 5.91 Å². The number of aromatic nitrogens is 1. The third kappa shape index (κ3) is 6.36. The molecule has 2 N–H and O–H groups in total. The maximum absolute atomic E-state index is 11.0. The Morgan fingerprint density at radius 3 is 2.52 bits per heavy atom. The van der Waals surface area contributed by atoms with Crippen molar-refractivity contribution < 1.29 is 9.53 Å². The highest BCUT2D eigenvalue weighted by Gasteiger charge is 2.21. The number of nitrogens with two attached hydrogens (primary N) is 1. The van der Waals surface area contributed by atoms with E-state index >= 15 is 0 Å². The van der Waals surface area contributed by atoms with E-state index in [4.69, 9.17) is 10.5 Å². The van der Waals surface area contributed by atoms with Crippen molar-refractivity contribution >= 4 is 5.91 Å². The summed E-state index contributed by atoms with van der Waals surface area (Å²) in [5, 5.41) is 0. The van der Waals surface area contributed by atoms with Gasteiger partial charge in [-0.1, -0.05) is 43.9 Å². The molecule has 0 unspecified atom stereocenters. The Kier molecular flexibility index (Phi) is 7.22. The molecule has 0 radical (unpaired) electrons. The van der Waals surface area contributed by atoms with Gasteiger partial charge in [-0.25, -0.2) is 0 Å². The summed E-state index contributed by atoms with van der Waals surface area (Å²) in [5.41, 5.74) is 7.60. The van der Waals surface area contributed by atoms with Crippen LogP contribution in [0.2, 0.25) is 0 Å². The van der Waals surface area contributed by atoms with Crippen LogP contribution in [0.25, 0.3) is 0 Å². The number of hydrogen-bond donors (Lipinski definition) is 1. The number of ether oxygens (including phenoxy) is 1. The third-order valence-corrected chi connectivity index (χ3v) is 5.11. The van der Waals surface area contributed by atoms with Gasteiger partial charge in [-0.05, 0) is 42.2 Å². The van der Waals surface area contributed by atoms with Gasteiger partial charge in [0.05, 0.1) is 0 Å². The summed E-state index contributed by atoms with van der Waals surface area (Å²) in [4.78, 5) is 17.8. The molecular formula is C22H29N3O2. The molecule has 1 heterocycles. The van der Waals surface area contributed by atoms with Gasteiger partial charge in [-0.3, -0.25) is 14.7 Å². The number of rotatable bonds is 8. The van der Waals surface area contributed by atoms with Gasteiger partial charge in [0.25, 0.3) is 5.91 Å². The number of amides is 1. The van der Waals surface area contributed by atoms with Crippen LogP contribution in [0.1, 0.15) is 49.7 Å². The summed E-state index contributed by atoms with van der Waals surface area (Å²) in [6, 6.07) is 12.7. The Hall–Kier alpha value is -2.40. The summed E-state index contributed by atoms with van der Waals surface area (Å²) in [5.74, 6) is 0.227. The van der Waals surface area contributed by atoms with E-state index in [-0.39, 0.29) is 6.61 Å². The molecule has 1 fully saturated rings. The van der Waals surface area contributed by atoms with Crippen molar-refractivity contribution in [3.05, 3.63) is 59.9 Å². The minimum atomic E-state index is -0.461. The molecule has 5 nitrogen and oxygen atoms in total. The normalized spacial score (nSPS) is 15.4. The molecule has 0 aliphatic heterocycles. The highest BCUT2D eigenvalue weighted by atomic mass is 16.5. The van der Waals surface area contributed by atoms with Gasteiger partial charge >= 0.3 is 0 Å². The summed E-state index contributed by atoms with van der Waals surface area (Å²) < 4.78 is 5.47. The summed E-state index contributed by atoms with van der Waals surface area (Å²) >= 11 is 0. The molecule has 1 aliphatic carbocycles. The fourth-order valence-electron chi connectivity index (χ4n) is 3.79. The van der Waals surface area contributed by atoms with Gasteiger partial charge in [0.2, 0.25) is 0 Å². The lowest BCUT2D eigenvalue weighted by Gasteiger charge is -2.31. The third-order valence-electron chi connectivity index (χ3n) is 5.11. The lowest BCUT2D eigenvalue weighted by atomic mass is 10.0. The first-order chi connectivity index (χ1) is 13.2. The number of hydrogen-bond acceptors (Lipinski definition) is 4. The SMILES string of the molecule is NC(=O)COc1cccc(CN(Cc2cccnc2)C2CCCCCC2)c1. The van der Waals surface area contributed by atoms with Crippen LogP contribution >= 0.6 is 0 Å². The number of benzene rings is 1. The highest BCUT2D eigenvalue weighted by Crippen LogP contribution is 2.26. The van der Waals surface area contributed by atoms with Crippen molar-refractivity contribution in [3.63, 3.8) is 0 Å². The summed E-state index contributed by atoms with van der Waals surface area (Å²) in [6.07, 6.45) is 11.6. The molecule has 1 aromatic heterocycles. The minimum Gasteiger partial charge on any atom is -0.484 e. The van der Waals surface area contributed by atoms with Crippen molar-refractivity contribution in [1.82, 2.24) is 9.88 Å². The summed E-state index contributed by atoms with van der Waals surface area (Å²) in [6.45, 7) is 1.66. The van der Waals surface area contributed by atoms with E-state index in [1.54, 1.807) is 0 Å². The predicted molar refractivity (Wildman–Crippen MR) is 106 cm³/mol. The van der Waals surface area contributed by atoms with E-state index in [2.05, 4.69) is 22.0 Å². The lowest BCUT2D eigenvalue weighted by molar-refractivity contribution is -0.119. The van der Waals surface area contributed by atoms with Gasteiger partial charge in [-0.2, -0.15) is 0 Å². The number of pyridine rings is 1. The number of carbonyl (C=O) groups excluding carboxylic acids is 1. The topological polar surface area (TPSA) is 68.5 Å². The lowest BCUT2D eigenvalue weighted by Crippen LogP contribution is -2.34. The summed E-state index contributed by atoms with van der Waals surface area (Å²) in [7, 11) is 0. The minimum absolute atomic E-state index is 0.0918. The van der Waals surface area contributed by atoms with Crippen molar-refractivity contribution in [2.75, 3.05) is 6.61 Å². The average Bonchev–Trinajstić information content (AvgIpc) is 2.96. The molecule has 3 rings (SSSR count). The monoisotopic (exact) mass is 367 g/mol. The molecular weight excluding hydrogens is 338 g/mol. The zero-order valence-corrected chi connectivity index (χ0v) is 15.8. The van der Waals surface area contributed by atoms with E-state index in [9.17, 15) is 4.79 Å². The molecule has 2 aromatic rings. The second-order valence-corrected chi connectivity index (χ2v) is 7.31. The van der Waals surface area contributed by atoms with E-state index in [0.717, 1.165) is 13.1 Å². The van der Waals surface area contributed by atoms with Crippen molar-refractivity contribution in [2.24, 2.45) is 5.73 Å². The van der Waals surface area contributed by atoms with Crippen LogP contribution in [0.15, 0.2) is 48.8 Å². The van der Waals surface area contributed by atoms with Crippen LogP contribution in [-0.4, -0.2) is 28.4 Å². The fourth-order valence-corrected chi connectivity index (χ4v) is 3.79. The Balaban J connectivity index is 1.73. The molecule has 5 heteroatoms. The van der Waals surface area contributed by atoms with Crippen LogP contribution in [0, 0.1) is 0 Å². The number of primary amides is 1. The maximum atomic E-state index is 11.0. The Labute approximate surface area is 161 Å². The molecule has 1 aliphatic rings. The Morgan fingerprint density at radius 2 is 1.81 bits per heavy atom. The second-order valence-electron chi connectivity index (χ2n) is 7.31. The van der Waals surface area contributed by atoms with E-state index in [0.29, 0.717) is 11.8 Å². The average molecular weight is 367 g/mol. The van der Waals surface area contributed by atoms with Crippen LogP contribution in [0.5, 0.6) is 5.75 Å². The van der Waals surface area contributed by atoms with E-state index in [1.165, 1.54) is 49.7 Å². The molecule has 0 saturated heterocycles. The molecule has 0 bridgehead atoms. The van der Waals surface area contributed by atoms with Crippen LogP contribution in [0.4, 0.5) is 0 Å². The predicted octanol–water partition coefficient (Wildman–Crippen LogP) is 3.67. The smallest absolute Gasteiger partial charge is 0.255 e. The number of carbonyl (C=O) groups is 1. The van der Waals surface area contributed by atoms with Crippen molar-refractivity contribution in [1.29, 1.82) is 0 Å². The molecule has 0 atom stereocenters. The maximum Gasteiger partial charge on any atom is 0.255 e. The standard InChI is InChI=1S/C22H29N3O2/c23-22(26)17-27-21-11-5-7-18(13-21)15-25(16-19-8-6-12-24-14-19)20-9-3-1-2-4-10-20/h5-8,11-14,20H,1-4,9-10,15-17H2,(H2,23,26). The van der Waals surface area contributed by atoms with Crippen molar-refractivity contribution in [2.45, 2.75) is 57.7 Å². The zero-order chi connectivity index (χ0) is 18.9. The zero-order valence-electron chi connectivity index (χ0n) is 15.8. The van der Waals surface area contributed by atoms with Gasteiger partial charge < -0.3 is 10.5 Å². The Morgan fingerprint density at radius 1 is 1.07 bits per heavy atom. The van der Waals surface area contributed by atoms with Gasteiger partial charge in [0.15, 0.2) is 6.61 Å². The van der Waals surface area contributed by atoms with E-state index in [1.807, 2.05) is 36.7 Å². The molecule has 1 aromatic carbocycles. The molecule has 0 spiro atoms. The fraction of sp³-hybridized carbons (Fsp3) is 0.455.